The van der Waals surface area contributed by atoms with Crippen LogP contribution < -0.4 is 0 Å². The summed E-state index contributed by atoms with van der Waals surface area (Å²) >= 11 is 0. The van der Waals surface area contributed by atoms with Crippen LogP contribution in [0.5, 0.6) is 0 Å². The number of carbonyl (C=O) groups excluding carboxylic acids is 2. The second kappa shape index (κ2) is 5.33. The average molecular weight is 258 g/mol. The van der Waals surface area contributed by atoms with Crippen molar-refractivity contribution in [2.45, 2.75) is 26.4 Å². The Morgan fingerprint density at radius 3 is 2.17 bits per heavy atom. The van der Waals surface area contributed by atoms with Crippen LogP contribution >= 0.6 is 0 Å². The molecule has 0 aromatic heterocycles. The van der Waals surface area contributed by atoms with Gasteiger partial charge in [0.15, 0.2) is 0 Å². The molecule has 0 amide bonds. The second-order valence-electron chi connectivity index (χ2n) is 4.18. The van der Waals surface area contributed by atoms with E-state index in [4.69, 9.17) is 0 Å². The van der Waals surface area contributed by atoms with Gasteiger partial charge in [-0.2, -0.15) is 13.2 Å². The predicted octanol–water partition coefficient (Wildman–Crippen LogP) is 3.04. The zero-order valence-corrected chi connectivity index (χ0v) is 10.0. The quantitative estimate of drug-likeness (QED) is 0.778. The minimum Gasteiger partial charge on any atom is -0.299 e. The summed E-state index contributed by atoms with van der Waals surface area (Å²) in [4.78, 5) is 22.5. The highest BCUT2D eigenvalue weighted by atomic mass is 19.4. The molecular formula is C13H13F3O2. The summed E-state index contributed by atoms with van der Waals surface area (Å²) in [7, 11) is 0. The summed E-state index contributed by atoms with van der Waals surface area (Å²) in [6.07, 6.45) is -4.41. The van der Waals surface area contributed by atoms with Gasteiger partial charge < -0.3 is 0 Å². The smallest absolute Gasteiger partial charge is 0.299 e. The Bertz CT molecular complexity index is 450. The lowest BCUT2D eigenvalue weighted by Gasteiger charge is -2.12. The molecule has 0 aliphatic heterocycles. The van der Waals surface area contributed by atoms with Crippen molar-refractivity contribution in [1.82, 2.24) is 0 Å². The van der Waals surface area contributed by atoms with Crippen LogP contribution in [0.2, 0.25) is 0 Å². The van der Waals surface area contributed by atoms with Gasteiger partial charge in [-0.25, -0.2) is 0 Å². The van der Waals surface area contributed by atoms with Crippen molar-refractivity contribution < 1.29 is 22.8 Å². The van der Waals surface area contributed by atoms with E-state index < -0.39 is 17.7 Å². The maximum Gasteiger partial charge on any atom is 0.416 e. The molecule has 0 bridgehead atoms. The number of Topliss-reactive ketones (excluding diaryl/α,β-unsaturated/α-hetero) is 2. The first-order valence-corrected chi connectivity index (χ1v) is 5.39. The lowest BCUT2D eigenvalue weighted by molar-refractivity contribution is -0.137. The van der Waals surface area contributed by atoms with E-state index in [1.807, 2.05) is 0 Å². The molecule has 2 nitrogen and oxygen atoms in total. The van der Waals surface area contributed by atoms with E-state index in [1.54, 1.807) is 0 Å². The molecule has 0 saturated carbocycles. The van der Waals surface area contributed by atoms with E-state index in [9.17, 15) is 22.8 Å². The summed E-state index contributed by atoms with van der Waals surface area (Å²) in [6.45, 7) is 2.53. The fourth-order valence-electron chi connectivity index (χ4n) is 1.68. The summed E-state index contributed by atoms with van der Waals surface area (Å²) < 4.78 is 37.5. The minimum absolute atomic E-state index is 0.00852. The normalized spacial score (nSPS) is 11.7. The standard InChI is InChI=1S/C13H13F3O2/c1-8(17)12(9(2)18)7-10-4-3-5-11(6-10)13(14,15)16/h3-6,12H,7H2,1-2H3. The zero-order chi connectivity index (χ0) is 13.9. The lowest BCUT2D eigenvalue weighted by atomic mass is 9.92. The van der Waals surface area contributed by atoms with Crippen LogP contribution in [-0.4, -0.2) is 11.6 Å². The molecule has 5 heteroatoms. The molecule has 1 aromatic rings. The summed E-state index contributed by atoms with van der Waals surface area (Å²) in [5.41, 5.74) is -0.439. The van der Waals surface area contributed by atoms with Gasteiger partial charge in [0.1, 0.15) is 11.6 Å². The lowest BCUT2D eigenvalue weighted by Crippen LogP contribution is -2.22. The molecule has 0 unspecified atom stereocenters. The van der Waals surface area contributed by atoms with Crippen molar-refractivity contribution in [2.24, 2.45) is 5.92 Å². The van der Waals surface area contributed by atoms with Crippen LogP contribution in [0.1, 0.15) is 25.0 Å². The molecule has 0 radical (unpaired) electrons. The first kappa shape index (κ1) is 14.4. The van der Waals surface area contributed by atoms with Crippen LogP contribution in [0.3, 0.4) is 0 Å². The number of carbonyl (C=O) groups is 2. The maximum atomic E-state index is 12.5. The third-order valence-electron chi connectivity index (χ3n) is 2.68. The van der Waals surface area contributed by atoms with Gasteiger partial charge in [-0.15, -0.1) is 0 Å². The number of hydrogen-bond donors (Lipinski definition) is 0. The Labute approximate surface area is 103 Å². The number of halogens is 3. The summed E-state index contributed by atoms with van der Waals surface area (Å²) in [5.74, 6) is -1.53. The zero-order valence-electron chi connectivity index (χ0n) is 10.0. The van der Waals surface area contributed by atoms with Gasteiger partial charge in [-0.05, 0) is 31.9 Å². The molecule has 0 atom stereocenters. The summed E-state index contributed by atoms with van der Waals surface area (Å²) in [6, 6.07) is 4.68. The van der Waals surface area contributed by atoms with Crippen molar-refractivity contribution in [3.63, 3.8) is 0 Å². The van der Waals surface area contributed by atoms with Crippen LogP contribution in [0.4, 0.5) is 13.2 Å². The molecule has 0 aliphatic rings. The van der Waals surface area contributed by atoms with Gasteiger partial charge in [0.2, 0.25) is 0 Å². The number of alkyl halides is 3. The SMILES string of the molecule is CC(=O)C(Cc1cccc(C(F)(F)F)c1)C(C)=O. The molecule has 18 heavy (non-hydrogen) atoms. The van der Waals surface area contributed by atoms with E-state index in [-0.39, 0.29) is 18.0 Å². The molecule has 0 heterocycles. The van der Waals surface area contributed by atoms with E-state index in [0.717, 1.165) is 12.1 Å². The van der Waals surface area contributed by atoms with Gasteiger partial charge in [0.25, 0.3) is 0 Å². The van der Waals surface area contributed by atoms with E-state index in [1.165, 1.54) is 26.0 Å². The fourth-order valence-corrected chi connectivity index (χ4v) is 1.68. The average Bonchev–Trinajstić information content (AvgIpc) is 2.24. The molecule has 0 aliphatic carbocycles. The van der Waals surface area contributed by atoms with E-state index >= 15 is 0 Å². The topological polar surface area (TPSA) is 34.1 Å². The molecule has 1 aromatic carbocycles. The molecule has 98 valence electrons. The number of hydrogen-bond acceptors (Lipinski definition) is 2. The van der Waals surface area contributed by atoms with E-state index in [2.05, 4.69) is 0 Å². The van der Waals surface area contributed by atoms with Crippen LogP contribution in [0, 0.1) is 5.92 Å². The molecule has 1 rings (SSSR count). The van der Waals surface area contributed by atoms with Gasteiger partial charge >= 0.3 is 6.18 Å². The molecule has 0 saturated heterocycles. The maximum absolute atomic E-state index is 12.5. The van der Waals surface area contributed by atoms with Gasteiger partial charge in [-0.1, -0.05) is 18.2 Å². The van der Waals surface area contributed by atoms with Crippen molar-refractivity contribution in [3.8, 4) is 0 Å². The Hall–Kier alpha value is -1.65. The van der Waals surface area contributed by atoms with Crippen molar-refractivity contribution >= 4 is 11.6 Å². The molecule has 0 fully saturated rings. The van der Waals surface area contributed by atoms with Crippen LogP contribution in [0.25, 0.3) is 0 Å². The number of benzene rings is 1. The third-order valence-corrected chi connectivity index (χ3v) is 2.68. The first-order valence-electron chi connectivity index (χ1n) is 5.39. The van der Waals surface area contributed by atoms with Crippen molar-refractivity contribution in [2.75, 3.05) is 0 Å². The highest BCUT2D eigenvalue weighted by Crippen LogP contribution is 2.30. The highest BCUT2D eigenvalue weighted by molar-refractivity contribution is 6.00. The largest absolute Gasteiger partial charge is 0.416 e. The van der Waals surface area contributed by atoms with Crippen molar-refractivity contribution in [3.05, 3.63) is 35.4 Å². The predicted molar refractivity (Wildman–Crippen MR) is 60.0 cm³/mol. The summed E-state index contributed by atoms with van der Waals surface area (Å²) in [5, 5.41) is 0. The van der Waals surface area contributed by atoms with Gasteiger partial charge in [0, 0.05) is 0 Å². The van der Waals surface area contributed by atoms with Gasteiger partial charge in [-0.3, -0.25) is 9.59 Å². The first-order chi connectivity index (χ1) is 8.21. The fraction of sp³-hybridized carbons (Fsp3) is 0.385. The van der Waals surface area contributed by atoms with Crippen LogP contribution in [0.15, 0.2) is 24.3 Å². The molecular weight excluding hydrogens is 245 g/mol. The van der Waals surface area contributed by atoms with Crippen molar-refractivity contribution in [1.29, 1.82) is 0 Å². The Kier molecular flexibility index (Phi) is 4.27. The van der Waals surface area contributed by atoms with Gasteiger partial charge in [0.05, 0.1) is 11.5 Å². The number of ketones is 2. The highest BCUT2D eigenvalue weighted by Gasteiger charge is 2.30. The Morgan fingerprint density at radius 2 is 1.72 bits per heavy atom. The molecule has 0 N–H and O–H groups in total. The number of rotatable bonds is 4. The molecule has 0 spiro atoms. The second-order valence-corrected chi connectivity index (χ2v) is 4.18. The third kappa shape index (κ3) is 3.68. The van der Waals surface area contributed by atoms with E-state index in [0.29, 0.717) is 5.56 Å². The Balaban J connectivity index is 2.98. The minimum atomic E-state index is -4.42. The Morgan fingerprint density at radius 1 is 1.17 bits per heavy atom. The van der Waals surface area contributed by atoms with Crippen LogP contribution in [-0.2, 0) is 22.2 Å². The monoisotopic (exact) mass is 258 g/mol.